The average Bonchev–Trinajstić information content (AvgIpc) is 3.13. The molecule has 4 atom stereocenters. The molecule has 2 fully saturated rings. The van der Waals surface area contributed by atoms with Gasteiger partial charge in [0, 0.05) is 0 Å². The molecule has 0 saturated heterocycles. The maximum atomic E-state index is 12.8. The summed E-state index contributed by atoms with van der Waals surface area (Å²) in [4.78, 5) is 12.8. The van der Waals surface area contributed by atoms with Crippen LogP contribution < -0.4 is 28.6 Å². The molecule has 23 heavy (non-hydrogen) atoms. The molecular weight excluding hydrogens is 381 g/mol. The van der Waals surface area contributed by atoms with Gasteiger partial charge in [-0.2, -0.15) is 0 Å². The van der Waals surface area contributed by atoms with Crippen LogP contribution >= 0.6 is 0 Å². The van der Waals surface area contributed by atoms with E-state index in [-0.39, 0.29) is 24.8 Å². The Balaban J connectivity index is 0.00000132. The Morgan fingerprint density at radius 1 is 1.26 bits per heavy atom. The van der Waals surface area contributed by atoms with E-state index < -0.39 is 24.0 Å². The number of carbonyl (C=O) groups excluding carboxylic acids is 1. The molecule has 4 unspecified atom stereocenters. The van der Waals surface area contributed by atoms with Gasteiger partial charge in [-0.25, -0.2) is 0 Å². The van der Waals surface area contributed by atoms with E-state index in [0.717, 1.165) is 5.92 Å². The van der Waals surface area contributed by atoms with Crippen molar-refractivity contribution in [1.82, 2.24) is 3.80 Å². The van der Waals surface area contributed by atoms with Crippen molar-refractivity contribution in [3.63, 3.8) is 0 Å². The van der Waals surface area contributed by atoms with E-state index in [1.165, 1.54) is 31.3 Å². The number of halogens is 2. The SMILES string of the molecule is CC1=[C]([Ti+2]([NH]C(=O)C2CC3CCC2C3)[SiH](C)C)C(C)C=C1.[Cl-].[Cl-]. The molecule has 0 aromatic carbocycles. The third-order valence-electron chi connectivity index (χ3n) is 5.72. The molecule has 0 radical (unpaired) electrons. The van der Waals surface area contributed by atoms with E-state index in [2.05, 4.69) is 42.9 Å². The Morgan fingerprint density at radius 2 is 1.96 bits per heavy atom. The molecule has 0 aliphatic heterocycles. The van der Waals surface area contributed by atoms with Gasteiger partial charge in [0.05, 0.1) is 0 Å². The van der Waals surface area contributed by atoms with Crippen LogP contribution in [0, 0.1) is 23.7 Å². The summed E-state index contributed by atoms with van der Waals surface area (Å²) in [6, 6.07) is 0. The van der Waals surface area contributed by atoms with E-state index >= 15 is 0 Å². The first kappa shape index (κ1) is 21.5. The Morgan fingerprint density at radius 3 is 2.39 bits per heavy atom. The minimum Gasteiger partial charge on any atom is -1.00 e. The number of allylic oxidation sites excluding steroid dienone is 4. The first-order valence-corrected chi connectivity index (χ1v) is 15.7. The zero-order valence-electron chi connectivity index (χ0n) is 14.5. The summed E-state index contributed by atoms with van der Waals surface area (Å²) in [5.41, 5.74) is 1.45. The molecule has 1 amide bonds. The topological polar surface area (TPSA) is 29.1 Å². The third-order valence-corrected chi connectivity index (χ3v) is 17.2. The second-order valence-electron chi connectivity index (χ2n) is 7.58. The molecular formula is C17H28Cl2NOSiTi. The fourth-order valence-electron chi connectivity index (χ4n) is 4.61. The van der Waals surface area contributed by atoms with Crippen LogP contribution in [0.25, 0.3) is 0 Å². The van der Waals surface area contributed by atoms with Gasteiger partial charge in [-0.3, -0.25) is 0 Å². The van der Waals surface area contributed by atoms with Gasteiger partial charge in [-0.15, -0.1) is 0 Å². The second kappa shape index (κ2) is 8.71. The normalized spacial score (nSPS) is 31.2. The summed E-state index contributed by atoms with van der Waals surface area (Å²) >= 11 is -1.57. The van der Waals surface area contributed by atoms with Gasteiger partial charge in [-0.05, 0) is 0 Å². The molecule has 129 valence electrons. The Bertz CT molecular complexity index is 509. The maximum absolute atomic E-state index is 12.8. The van der Waals surface area contributed by atoms with Crippen molar-refractivity contribution in [1.29, 1.82) is 0 Å². The number of rotatable bonds is 4. The van der Waals surface area contributed by atoms with Crippen LogP contribution in [-0.4, -0.2) is 12.6 Å². The summed E-state index contributed by atoms with van der Waals surface area (Å²) in [5, 5.41) is 0. The number of nitrogens with one attached hydrogen (secondary N) is 1. The molecule has 3 aliphatic rings. The number of hydrogen-bond acceptors (Lipinski definition) is 1. The Labute approximate surface area is 160 Å². The van der Waals surface area contributed by atoms with Gasteiger partial charge < -0.3 is 24.8 Å². The van der Waals surface area contributed by atoms with E-state index in [1.54, 1.807) is 3.88 Å². The van der Waals surface area contributed by atoms with Gasteiger partial charge >= 0.3 is 136 Å². The van der Waals surface area contributed by atoms with Gasteiger partial charge in [0.25, 0.3) is 0 Å². The quantitative estimate of drug-likeness (QED) is 0.514. The van der Waals surface area contributed by atoms with Gasteiger partial charge in [-0.1, -0.05) is 0 Å². The Hall–Kier alpha value is 0.461. The molecule has 3 aliphatic carbocycles. The first-order chi connectivity index (χ1) is 9.97. The molecule has 0 aromatic heterocycles. The minimum atomic E-state index is -1.57. The average molecular weight is 409 g/mol. The molecule has 0 spiro atoms. The van der Waals surface area contributed by atoms with Gasteiger partial charge in [0.2, 0.25) is 0 Å². The van der Waals surface area contributed by atoms with Crippen LogP contribution in [-0.2, 0) is 22.2 Å². The standard InChI is InChI=1S/C8H13NO.C7H9.C2H7Si.2ClH.Ti/c9-8(10)7-4-5-1-2-6(7)3-5;1-6-3-4-7(2)5-6;1-3-2;;;/h5-7H,1-4H2,(H2,9,10);3-4,6H,1-2H3;3H,1-2H3;2*1H;/q;;;;;+3/p-3. The Kier molecular flexibility index (Phi) is 8.14. The number of fused-ring (bicyclic) bond motifs is 2. The van der Waals surface area contributed by atoms with Gasteiger partial charge in [0.1, 0.15) is 0 Å². The van der Waals surface area contributed by atoms with Crippen LogP contribution in [0.15, 0.2) is 21.6 Å². The zero-order valence-corrected chi connectivity index (χ0v) is 18.8. The second-order valence-corrected chi connectivity index (χ2v) is 20.2. The summed E-state index contributed by atoms with van der Waals surface area (Å²) in [6.45, 7) is 8.61. The number of amides is 1. The molecule has 2 saturated carbocycles. The van der Waals surface area contributed by atoms with E-state index in [9.17, 15) is 4.79 Å². The molecule has 0 heterocycles. The molecule has 2 nitrogen and oxygen atoms in total. The van der Waals surface area contributed by atoms with Gasteiger partial charge in [0.15, 0.2) is 0 Å². The van der Waals surface area contributed by atoms with Crippen LogP contribution in [0.1, 0.15) is 39.5 Å². The monoisotopic (exact) mass is 408 g/mol. The summed E-state index contributed by atoms with van der Waals surface area (Å²) in [7, 11) is 0. The van der Waals surface area contributed by atoms with Crippen molar-refractivity contribution in [3.8, 4) is 0 Å². The molecule has 6 heteroatoms. The van der Waals surface area contributed by atoms with E-state index in [1.807, 2.05) is 0 Å². The molecule has 2 bridgehead atoms. The van der Waals surface area contributed by atoms with Crippen LogP contribution in [0.2, 0.25) is 13.1 Å². The van der Waals surface area contributed by atoms with Crippen molar-refractivity contribution in [2.24, 2.45) is 23.7 Å². The third kappa shape index (κ3) is 4.36. The number of hydrogen-bond donors (Lipinski definition) is 1. The summed E-state index contributed by atoms with van der Waals surface area (Å²) in [5.74, 6) is 2.91. The fourth-order valence-corrected chi connectivity index (χ4v) is 15.0. The molecule has 1 N–H and O–H groups in total. The number of carbonyl (C=O) groups is 1. The maximum Gasteiger partial charge on any atom is -1.00 e. The van der Waals surface area contributed by atoms with Crippen molar-refractivity contribution in [2.75, 3.05) is 0 Å². The van der Waals surface area contributed by atoms with E-state index in [4.69, 9.17) is 0 Å². The van der Waals surface area contributed by atoms with Crippen molar-refractivity contribution in [2.45, 2.75) is 52.6 Å². The molecule has 3 rings (SSSR count). The van der Waals surface area contributed by atoms with Crippen molar-refractivity contribution >= 4 is 12.6 Å². The van der Waals surface area contributed by atoms with Crippen molar-refractivity contribution in [3.05, 3.63) is 21.6 Å². The zero-order chi connectivity index (χ0) is 15.1. The largest absolute Gasteiger partial charge is 1.00 e. The van der Waals surface area contributed by atoms with Crippen molar-refractivity contribution < 1.29 is 47.0 Å². The first-order valence-electron chi connectivity index (χ1n) is 8.54. The minimum absolute atomic E-state index is 0. The van der Waals surface area contributed by atoms with Crippen LogP contribution in [0.3, 0.4) is 0 Å². The predicted molar refractivity (Wildman–Crippen MR) is 87.0 cm³/mol. The van der Waals surface area contributed by atoms with E-state index in [0.29, 0.717) is 23.7 Å². The summed E-state index contributed by atoms with van der Waals surface area (Å²) < 4.78 is 5.28. The fraction of sp³-hybridized carbons (Fsp3) is 0.706. The predicted octanol–water partition coefficient (Wildman–Crippen LogP) is -2.46. The smallest absolute Gasteiger partial charge is 1.00 e. The molecule has 0 aromatic rings. The van der Waals surface area contributed by atoms with Crippen LogP contribution in [0.5, 0.6) is 0 Å². The van der Waals surface area contributed by atoms with Crippen LogP contribution in [0.4, 0.5) is 0 Å². The summed E-state index contributed by atoms with van der Waals surface area (Å²) in [6.07, 6.45) is 9.77.